The third-order valence-electron chi connectivity index (χ3n) is 4.72. The lowest BCUT2D eigenvalue weighted by Crippen LogP contribution is -2.13. The molecule has 0 fully saturated rings. The average molecular weight is 424 g/mol. The number of non-ortho nitro benzene ring substituents is 1. The summed E-state index contributed by atoms with van der Waals surface area (Å²) in [7, 11) is 0. The third-order valence-corrected chi connectivity index (χ3v) is 4.72. The van der Waals surface area contributed by atoms with Gasteiger partial charge in [0.15, 0.2) is 5.65 Å². The lowest BCUT2D eigenvalue weighted by Gasteiger charge is -2.08. The molecular formula is C23H16N6O3. The number of nitro benzene ring substituents is 1. The minimum atomic E-state index is -0.509. The predicted molar refractivity (Wildman–Crippen MR) is 121 cm³/mol. The number of carbonyl (C=O) groups excluding carboxylic acids is 1. The summed E-state index contributed by atoms with van der Waals surface area (Å²) in [5, 5.41) is 23.4. The number of rotatable bonds is 6. The van der Waals surface area contributed by atoms with E-state index in [2.05, 4.69) is 27.9 Å². The van der Waals surface area contributed by atoms with Gasteiger partial charge in [-0.1, -0.05) is 30.3 Å². The van der Waals surface area contributed by atoms with Crippen molar-refractivity contribution >= 4 is 45.7 Å². The highest BCUT2D eigenvalue weighted by Gasteiger charge is 2.21. The highest BCUT2D eigenvalue weighted by molar-refractivity contribution is 6.05. The number of nitrogens with one attached hydrogen (secondary N) is 1. The zero-order valence-electron chi connectivity index (χ0n) is 16.7. The average Bonchev–Trinajstić information content (AvgIpc) is 3.07. The number of hydrogen-bond donors (Lipinski definition) is 1. The first-order valence-electron chi connectivity index (χ1n) is 9.55. The second kappa shape index (κ2) is 8.49. The molecule has 0 bridgehead atoms. The van der Waals surface area contributed by atoms with Crippen molar-refractivity contribution < 1.29 is 9.72 Å². The number of hydrogen-bond acceptors (Lipinski definition) is 6. The second-order valence-corrected chi connectivity index (χ2v) is 6.79. The molecule has 0 saturated carbocycles. The topological polar surface area (TPSA) is 127 Å². The van der Waals surface area contributed by atoms with Crippen LogP contribution in [0.3, 0.4) is 0 Å². The monoisotopic (exact) mass is 424 g/mol. The molecule has 0 radical (unpaired) electrons. The quantitative estimate of drug-likeness (QED) is 0.214. The maximum absolute atomic E-state index is 12.6. The van der Waals surface area contributed by atoms with Gasteiger partial charge in [0.25, 0.3) is 5.69 Å². The number of nitro groups is 1. The van der Waals surface area contributed by atoms with Crippen molar-refractivity contribution in [2.45, 2.75) is 6.54 Å². The maximum atomic E-state index is 12.6. The van der Waals surface area contributed by atoms with Crippen molar-refractivity contribution in [2.75, 3.05) is 5.32 Å². The SMILES string of the molecule is C=CCn1c(NC(=O)/C=C/c2cccc([N+](=O)[O-])c2)c(C#N)c2nc3ccccc3nc21. The van der Waals surface area contributed by atoms with Crippen LogP contribution < -0.4 is 5.32 Å². The number of carbonyl (C=O) groups is 1. The van der Waals surface area contributed by atoms with E-state index in [0.717, 1.165) is 0 Å². The fourth-order valence-electron chi connectivity index (χ4n) is 3.31. The third kappa shape index (κ3) is 3.80. The minimum absolute atomic E-state index is 0.0744. The van der Waals surface area contributed by atoms with Crippen molar-refractivity contribution in [2.24, 2.45) is 0 Å². The Balaban J connectivity index is 1.74. The smallest absolute Gasteiger partial charge is 0.270 e. The van der Waals surface area contributed by atoms with Gasteiger partial charge in [-0.15, -0.1) is 6.58 Å². The van der Waals surface area contributed by atoms with Crippen molar-refractivity contribution in [1.29, 1.82) is 5.26 Å². The van der Waals surface area contributed by atoms with Gasteiger partial charge in [0.1, 0.15) is 23.0 Å². The fraction of sp³-hybridized carbons (Fsp3) is 0.0435. The van der Waals surface area contributed by atoms with Crippen LogP contribution in [0.4, 0.5) is 11.5 Å². The van der Waals surface area contributed by atoms with Crippen LogP contribution in [0.5, 0.6) is 0 Å². The van der Waals surface area contributed by atoms with Gasteiger partial charge in [-0.3, -0.25) is 14.9 Å². The van der Waals surface area contributed by atoms with Gasteiger partial charge in [-0.25, -0.2) is 9.97 Å². The zero-order chi connectivity index (χ0) is 22.7. The molecule has 2 aromatic carbocycles. The van der Waals surface area contributed by atoms with Gasteiger partial charge >= 0.3 is 0 Å². The molecule has 1 amide bonds. The summed E-state index contributed by atoms with van der Waals surface area (Å²) in [5.74, 6) is -0.253. The normalized spacial score (nSPS) is 11.0. The minimum Gasteiger partial charge on any atom is -0.307 e. The van der Waals surface area contributed by atoms with Gasteiger partial charge in [-0.05, 0) is 23.8 Å². The van der Waals surface area contributed by atoms with Crippen molar-refractivity contribution in [3.05, 3.63) is 88.5 Å². The first kappa shape index (κ1) is 20.4. The van der Waals surface area contributed by atoms with Crippen molar-refractivity contribution in [3.8, 4) is 6.07 Å². The Bertz CT molecular complexity index is 1460. The Kier molecular flexibility index (Phi) is 5.42. The van der Waals surface area contributed by atoms with E-state index in [1.165, 1.54) is 30.4 Å². The highest BCUT2D eigenvalue weighted by Crippen LogP contribution is 2.29. The lowest BCUT2D eigenvalue weighted by molar-refractivity contribution is -0.384. The lowest BCUT2D eigenvalue weighted by atomic mass is 10.2. The van der Waals surface area contributed by atoms with Gasteiger partial charge < -0.3 is 9.88 Å². The van der Waals surface area contributed by atoms with Crippen LogP contribution in [0.15, 0.2) is 67.3 Å². The number of benzene rings is 2. The summed E-state index contributed by atoms with van der Waals surface area (Å²) >= 11 is 0. The first-order chi connectivity index (χ1) is 15.5. The Labute approximate surface area is 182 Å². The number of amides is 1. The Morgan fingerprint density at radius 2 is 1.97 bits per heavy atom. The van der Waals surface area contributed by atoms with Crippen LogP contribution in [0, 0.1) is 21.4 Å². The summed E-state index contributed by atoms with van der Waals surface area (Å²) in [6.45, 7) is 4.05. The molecule has 0 unspecified atom stereocenters. The molecule has 2 aromatic heterocycles. The van der Waals surface area contributed by atoms with Crippen LogP contribution in [-0.4, -0.2) is 25.4 Å². The molecular weight excluding hydrogens is 408 g/mol. The molecule has 4 aromatic rings. The number of aromatic nitrogens is 3. The molecule has 0 aliphatic carbocycles. The fourth-order valence-corrected chi connectivity index (χ4v) is 3.31. The molecule has 156 valence electrons. The van der Waals surface area contributed by atoms with E-state index >= 15 is 0 Å². The largest absolute Gasteiger partial charge is 0.307 e. The van der Waals surface area contributed by atoms with Gasteiger partial charge in [0.2, 0.25) is 5.91 Å². The van der Waals surface area contributed by atoms with Gasteiger partial charge in [0.05, 0.1) is 16.0 Å². The van der Waals surface area contributed by atoms with E-state index in [1.54, 1.807) is 22.8 Å². The van der Waals surface area contributed by atoms with Crippen molar-refractivity contribution in [1.82, 2.24) is 14.5 Å². The molecule has 2 heterocycles. The van der Waals surface area contributed by atoms with Crippen LogP contribution in [-0.2, 0) is 11.3 Å². The number of allylic oxidation sites excluding steroid dienone is 1. The summed E-state index contributed by atoms with van der Waals surface area (Å²) < 4.78 is 1.67. The van der Waals surface area contributed by atoms with Gasteiger partial charge in [-0.2, -0.15) is 5.26 Å². The molecule has 4 rings (SSSR count). The molecule has 0 atom stereocenters. The summed E-state index contributed by atoms with van der Waals surface area (Å²) in [6.07, 6.45) is 4.33. The van der Waals surface area contributed by atoms with Crippen molar-refractivity contribution in [3.63, 3.8) is 0 Å². The summed E-state index contributed by atoms with van der Waals surface area (Å²) in [4.78, 5) is 32.2. The second-order valence-electron chi connectivity index (χ2n) is 6.79. The van der Waals surface area contributed by atoms with E-state index in [9.17, 15) is 20.2 Å². The maximum Gasteiger partial charge on any atom is 0.270 e. The number of nitrogens with zero attached hydrogens (tertiary/aromatic N) is 5. The van der Waals surface area contributed by atoms with Crippen LogP contribution in [0.25, 0.3) is 28.3 Å². The molecule has 32 heavy (non-hydrogen) atoms. The summed E-state index contributed by atoms with van der Waals surface area (Å²) in [5.41, 5.74) is 2.75. The van der Waals surface area contributed by atoms with E-state index in [4.69, 9.17) is 0 Å². The van der Waals surface area contributed by atoms with Crippen LogP contribution in [0.1, 0.15) is 11.1 Å². The highest BCUT2D eigenvalue weighted by atomic mass is 16.6. The van der Waals surface area contributed by atoms with E-state index in [-0.39, 0.29) is 17.1 Å². The van der Waals surface area contributed by atoms with Crippen LogP contribution in [0.2, 0.25) is 0 Å². The predicted octanol–water partition coefficient (Wildman–Crippen LogP) is 4.20. The molecule has 0 aliphatic heterocycles. The number of para-hydroxylation sites is 2. The number of anilines is 1. The standard InChI is InChI=1S/C23H16N6O3/c1-2-12-28-22(27-20(30)11-10-15-6-5-7-16(13-15)29(31)32)17(14-24)21-23(28)26-19-9-4-3-8-18(19)25-21/h2-11,13H,1,12H2,(H,27,30)/b11-10+. The number of nitriles is 1. The molecule has 0 spiro atoms. The molecule has 9 nitrogen and oxygen atoms in total. The molecule has 0 aliphatic rings. The number of fused-ring (bicyclic) bond motifs is 2. The molecule has 1 N–H and O–H groups in total. The molecule has 9 heteroatoms. The van der Waals surface area contributed by atoms with E-state index < -0.39 is 10.8 Å². The first-order valence-corrected chi connectivity index (χ1v) is 9.55. The van der Waals surface area contributed by atoms with Crippen LogP contribution >= 0.6 is 0 Å². The zero-order valence-corrected chi connectivity index (χ0v) is 16.7. The van der Waals surface area contributed by atoms with E-state index in [0.29, 0.717) is 34.3 Å². The Morgan fingerprint density at radius 1 is 1.22 bits per heavy atom. The van der Waals surface area contributed by atoms with E-state index in [1.807, 2.05) is 18.2 Å². The summed E-state index contributed by atoms with van der Waals surface area (Å²) in [6, 6.07) is 15.3. The Morgan fingerprint density at radius 3 is 2.66 bits per heavy atom. The Hall–Kier alpha value is -4.84. The van der Waals surface area contributed by atoms with Gasteiger partial charge in [0, 0.05) is 24.8 Å². The molecule has 0 saturated heterocycles.